The summed E-state index contributed by atoms with van der Waals surface area (Å²) in [6, 6.07) is 9.36. The Kier molecular flexibility index (Phi) is 8.45. The van der Waals surface area contributed by atoms with Crippen LogP contribution in [0.1, 0.15) is 34.6 Å². The summed E-state index contributed by atoms with van der Waals surface area (Å²) in [4.78, 5) is 36.5. The van der Waals surface area contributed by atoms with E-state index in [2.05, 4.69) is 16.0 Å². The molecule has 0 aliphatic heterocycles. The van der Waals surface area contributed by atoms with Gasteiger partial charge < -0.3 is 20.7 Å². The minimum Gasteiger partial charge on any atom is -0.454 e. The van der Waals surface area contributed by atoms with Crippen LogP contribution in [0.4, 0.5) is 10.5 Å². The van der Waals surface area contributed by atoms with Gasteiger partial charge in [-0.2, -0.15) is 5.26 Å². The van der Waals surface area contributed by atoms with Crippen molar-refractivity contribution in [3.63, 3.8) is 0 Å². The van der Waals surface area contributed by atoms with Crippen molar-refractivity contribution >= 4 is 23.6 Å². The van der Waals surface area contributed by atoms with Gasteiger partial charge in [0, 0.05) is 5.69 Å². The van der Waals surface area contributed by atoms with E-state index in [-0.39, 0.29) is 11.8 Å². The van der Waals surface area contributed by atoms with E-state index in [1.807, 2.05) is 12.1 Å². The van der Waals surface area contributed by atoms with Crippen molar-refractivity contribution in [1.29, 1.82) is 5.26 Å². The van der Waals surface area contributed by atoms with Gasteiger partial charge in [-0.05, 0) is 30.9 Å². The Balaban J connectivity index is 2.62. The zero-order valence-electron chi connectivity index (χ0n) is 16.9. The lowest BCUT2D eigenvalue weighted by atomic mass is 9.90. The SMILES string of the molecule is CC(C)[C@H](NC(=O)Nc1ccccc1)C(=O)OCC(=O)N[C@@](C)(C#N)C(C)C. The van der Waals surface area contributed by atoms with Crippen molar-refractivity contribution in [1.82, 2.24) is 10.6 Å². The summed E-state index contributed by atoms with van der Waals surface area (Å²) in [6.07, 6.45) is 0. The van der Waals surface area contributed by atoms with Crippen molar-refractivity contribution in [3.05, 3.63) is 30.3 Å². The second-order valence-electron chi connectivity index (χ2n) is 7.31. The Hall–Kier alpha value is -3.08. The van der Waals surface area contributed by atoms with Crippen LogP contribution >= 0.6 is 0 Å². The molecule has 0 heterocycles. The van der Waals surface area contributed by atoms with Crippen LogP contribution in [-0.2, 0) is 14.3 Å². The molecule has 0 spiro atoms. The summed E-state index contributed by atoms with van der Waals surface area (Å²) in [7, 11) is 0. The third-order valence-electron chi connectivity index (χ3n) is 4.37. The van der Waals surface area contributed by atoms with Gasteiger partial charge in [0.25, 0.3) is 5.91 Å². The van der Waals surface area contributed by atoms with Crippen LogP contribution < -0.4 is 16.0 Å². The van der Waals surface area contributed by atoms with E-state index in [9.17, 15) is 19.6 Å². The van der Waals surface area contributed by atoms with Gasteiger partial charge in [0.05, 0.1) is 6.07 Å². The summed E-state index contributed by atoms with van der Waals surface area (Å²) in [6.45, 7) is 8.18. The number of anilines is 1. The maximum absolute atomic E-state index is 12.3. The van der Waals surface area contributed by atoms with Gasteiger partial charge in [-0.25, -0.2) is 9.59 Å². The fraction of sp³-hybridized carbons (Fsp3) is 0.500. The quantitative estimate of drug-likeness (QED) is 0.591. The molecule has 0 radical (unpaired) electrons. The number of hydrogen-bond acceptors (Lipinski definition) is 5. The second-order valence-corrected chi connectivity index (χ2v) is 7.31. The third-order valence-corrected chi connectivity index (χ3v) is 4.37. The van der Waals surface area contributed by atoms with Crippen molar-refractivity contribution in [2.24, 2.45) is 11.8 Å². The van der Waals surface area contributed by atoms with E-state index in [4.69, 9.17) is 4.74 Å². The molecule has 2 atom stereocenters. The molecule has 0 aliphatic rings. The van der Waals surface area contributed by atoms with E-state index < -0.39 is 36.1 Å². The molecule has 8 nitrogen and oxygen atoms in total. The molecule has 1 rings (SSSR count). The Morgan fingerprint density at radius 1 is 1.14 bits per heavy atom. The smallest absolute Gasteiger partial charge is 0.329 e. The Morgan fingerprint density at radius 3 is 2.25 bits per heavy atom. The highest BCUT2D eigenvalue weighted by Crippen LogP contribution is 2.15. The molecule has 0 saturated carbocycles. The van der Waals surface area contributed by atoms with Crippen molar-refractivity contribution in [2.75, 3.05) is 11.9 Å². The predicted octanol–water partition coefficient (Wildman–Crippen LogP) is 2.43. The fourth-order valence-electron chi connectivity index (χ4n) is 2.18. The lowest BCUT2D eigenvalue weighted by Gasteiger charge is -2.27. The summed E-state index contributed by atoms with van der Waals surface area (Å²) >= 11 is 0. The largest absolute Gasteiger partial charge is 0.454 e. The van der Waals surface area contributed by atoms with Gasteiger partial charge in [-0.1, -0.05) is 45.9 Å². The first kappa shape index (κ1) is 23.0. The molecular weight excluding hydrogens is 360 g/mol. The highest BCUT2D eigenvalue weighted by atomic mass is 16.5. The molecule has 0 aromatic heterocycles. The lowest BCUT2D eigenvalue weighted by Crippen LogP contribution is -2.51. The maximum atomic E-state index is 12.3. The van der Waals surface area contributed by atoms with Crippen molar-refractivity contribution in [3.8, 4) is 6.07 Å². The number of amides is 3. The third kappa shape index (κ3) is 6.91. The molecule has 3 amide bonds. The molecule has 152 valence electrons. The van der Waals surface area contributed by atoms with Gasteiger partial charge in [0.1, 0.15) is 11.6 Å². The number of nitrogens with zero attached hydrogens (tertiary/aromatic N) is 1. The topological polar surface area (TPSA) is 120 Å². The van der Waals surface area contributed by atoms with Crippen molar-refractivity contribution < 1.29 is 19.1 Å². The maximum Gasteiger partial charge on any atom is 0.329 e. The average Bonchev–Trinajstić information content (AvgIpc) is 2.64. The molecule has 3 N–H and O–H groups in total. The standard InChI is InChI=1S/C20H28N4O4/c1-13(2)17(23-19(27)22-15-9-7-6-8-10-15)18(26)28-11-16(25)24-20(5,12-21)14(3)4/h6-10,13-14,17H,11H2,1-5H3,(H,24,25)(H2,22,23,27)/t17-,20-/m0/s1. The zero-order valence-corrected chi connectivity index (χ0v) is 16.9. The lowest BCUT2D eigenvalue weighted by molar-refractivity contribution is -0.151. The highest BCUT2D eigenvalue weighted by Gasteiger charge is 2.31. The van der Waals surface area contributed by atoms with Gasteiger partial charge in [-0.15, -0.1) is 0 Å². The molecule has 0 aliphatic carbocycles. The van der Waals surface area contributed by atoms with Crippen LogP contribution in [0, 0.1) is 23.2 Å². The number of carbonyl (C=O) groups excluding carboxylic acids is 3. The minimum absolute atomic E-state index is 0.121. The van der Waals surface area contributed by atoms with Crippen molar-refractivity contribution in [2.45, 2.75) is 46.2 Å². The number of hydrogen-bond donors (Lipinski definition) is 3. The van der Waals surface area contributed by atoms with Gasteiger partial charge in [-0.3, -0.25) is 4.79 Å². The summed E-state index contributed by atoms with van der Waals surface area (Å²) < 4.78 is 5.05. The van der Waals surface area contributed by atoms with E-state index in [1.165, 1.54) is 0 Å². The number of ether oxygens (including phenoxy) is 1. The van der Waals surface area contributed by atoms with Gasteiger partial charge in [0.2, 0.25) is 0 Å². The molecule has 0 bridgehead atoms. The molecule has 1 aromatic rings. The second kappa shape index (κ2) is 10.3. The van der Waals surface area contributed by atoms with Gasteiger partial charge in [0.15, 0.2) is 6.61 Å². The van der Waals surface area contributed by atoms with Crippen LogP contribution in [0.3, 0.4) is 0 Å². The Bertz CT molecular complexity index is 727. The average molecular weight is 388 g/mol. The molecule has 8 heteroatoms. The summed E-state index contributed by atoms with van der Waals surface area (Å²) in [5.41, 5.74) is -0.478. The number of para-hydroxylation sites is 1. The molecular formula is C20H28N4O4. The first-order chi connectivity index (χ1) is 13.1. The minimum atomic E-state index is -1.06. The van der Waals surface area contributed by atoms with E-state index in [0.29, 0.717) is 5.69 Å². The number of benzene rings is 1. The predicted molar refractivity (Wildman–Crippen MR) is 105 cm³/mol. The number of urea groups is 1. The number of esters is 1. The van der Waals surface area contributed by atoms with Crippen LogP contribution in [0.25, 0.3) is 0 Å². The highest BCUT2D eigenvalue weighted by molar-refractivity contribution is 5.93. The number of rotatable bonds is 8. The summed E-state index contributed by atoms with van der Waals surface area (Å²) in [5, 5.41) is 17.0. The normalized spacial score (nSPS) is 13.8. The molecule has 0 saturated heterocycles. The summed E-state index contributed by atoms with van der Waals surface area (Å²) in [5.74, 6) is -1.68. The Morgan fingerprint density at radius 2 is 1.75 bits per heavy atom. The first-order valence-electron chi connectivity index (χ1n) is 9.10. The zero-order chi connectivity index (χ0) is 21.3. The first-order valence-corrected chi connectivity index (χ1v) is 9.10. The van der Waals surface area contributed by atoms with E-state index in [1.54, 1.807) is 58.9 Å². The Labute approximate surface area is 165 Å². The van der Waals surface area contributed by atoms with Crippen LogP contribution in [-0.4, -0.2) is 36.1 Å². The molecule has 0 unspecified atom stereocenters. The van der Waals surface area contributed by atoms with Gasteiger partial charge >= 0.3 is 12.0 Å². The fourth-order valence-corrected chi connectivity index (χ4v) is 2.18. The van der Waals surface area contributed by atoms with E-state index >= 15 is 0 Å². The number of carbonyl (C=O) groups is 3. The number of nitrogens with one attached hydrogen (secondary N) is 3. The molecule has 0 fully saturated rings. The number of nitriles is 1. The van der Waals surface area contributed by atoms with Crippen LogP contribution in [0.2, 0.25) is 0 Å². The van der Waals surface area contributed by atoms with E-state index in [0.717, 1.165) is 0 Å². The molecule has 1 aromatic carbocycles. The van der Waals surface area contributed by atoms with Crippen LogP contribution in [0.5, 0.6) is 0 Å². The monoisotopic (exact) mass is 388 g/mol. The molecule has 28 heavy (non-hydrogen) atoms. The van der Waals surface area contributed by atoms with Crippen LogP contribution in [0.15, 0.2) is 30.3 Å².